The summed E-state index contributed by atoms with van der Waals surface area (Å²) >= 11 is 0. The molecule has 0 saturated carbocycles. The summed E-state index contributed by atoms with van der Waals surface area (Å²) in [5.41, 5.74) is 2.65. The molecule has 0 aliphatic heterocycles. The number of aryl methyl sites for hydroxylation is 1. The van der Waals surface area contributed by atoms with Crippen molar-refractivity contribution >= 4 is 12.0 Å². The van der Waals surface area contributed by atoms with Crippen molar-refractivity contribution in [2.75, 3.05) is 7.05 Å². The number of carbonyl (C=O) groups is 1. The summed E-state index contributed by atoms with van der Waals surface area (Å²) in [5.74, 6) is 0.703. The SMILES string of the molecule is CN(C(=O)/C=C/c1ccco1)[C@H]1CCCc2ccccc21. The van der Waals surface area contributed by atoms with Gasteiger partial charge in [0.05, 0.1) is 12.3 Å². The first kappa shape index (κ1) is 13.7. The molecule has 0 radical (unpaired) electrons. The minimum atomic E-state index is 0.00750. The van der Waals surface area contributed by atoms with Gasteiger partial charge in [-0.2, -0.15) is 0 Å². The highest BCUT2D eigenvalue weighted by Gasteiger charge is 2.25. The summed E-state index contributed by atoms with van der Waals surface area (Å²) < 4.78 is 5.21. The van der Waals surface area contributed by atoms with E-state index in [2.05, 4.69) is 18.2 Å². The summed E-state index contributed by atoms with van der Waals surface area (Å²) in [6, 6.07) is 12.2. The number of rotatable bonds is 3. The highest BCUT2D eigenvalue weighted by molar-refractivity contribution is 5.91. The predicted molar refractivity (Wildman–Crippen MR) is 82.6 cm³/mol. The van der Waals surface area contributed by atoms with Gasteiger partial charge in [-0.15, -0.1) is 0 Å². The first-order valence-corrected chi connectivity index (χ1v) is 7.32. The van der Waals surface area contributed by atoms with Gasteiger partial charge in [0.25, 0.3) is 0 Å². The molecule has 1 aliphatic rings. The third kappa shape index (κ3) is 2.92. The number of amides is 1. The van der Waals surface area contributed by atoms with Gasteiger partial charge >= 0.3 is 0 Å². The number of fused-ring (bicyclic) bond motifs is 1. The number of carbonyl (C=O) groups excluding carboxylic acids is 1. The Kier molecular flexibility index (Phi) is 3.91. The van der Waals surface area contributed by atoms with Crippen LogP contribution in [0.15, 0.2) is 53.2 Å². The van der Waals surface area contributed by atoms with Gasteiger partial charge in [0, 0.05) is 13.1 Å². The lowest BCUT2D eigenvalue weighted by atomic mass is 9.87. The van der Waals surface area contributed by atoms with Crippen molar-refractivity contribution in [3.63, 3.8) is 0 Å². The fourth-order valence-corrected chi connectivity index (χ4v) is 2.94. The molecular formula is C18H19NO2. The first-order chi connectivity index (χ1) is 10.3. The van der Waals surface area contributed by atoms with Crippen LogP contribution >= 0.6 is 0 Å². The maximum atomic E-state index is 12.3. The Morgan fingerprint density at radius 3 is 2.95 bits per heavy atom. The highest BCUT2D eigenvalue weighted by atomic mass is 16.3. The van der Waals surface area contributed by atoms with Crippen molar-refractivity contribution in [2.45, 2.75) is 25.3 Å². The predicted octanol–water partition coefficient (Wildman–Crippen LogP) is 3.83. The van der Waals surface area contributed by atoms with Crippen LogP contribution in [0.2, 0.25) is 0 Å². The number of hydrogen-bond acceptors (Lipinski definition) is 2. The van der Waals surface area contributed by atoms with Gasteiger partial charge in [0.15, 0.2) is 0 Å². The van der Waals surface area contributed by atoms with E-state index in [0.29, 0.717) is 5.76 Å². The van der Waals surface area contributed by atoms with Crippen LogP contribution in [-0.4, -0.2) is 17.9 Å². The van der Waals surface area contributed by atoms with Crippen LogP contribution < -0.4 is 0 Å². The van der Waals surface area contributed by atoms with Crippen molar-refractivity contribution in [2.24, 2.45) is 0 Å². The standard InChI is InChI=1S/C18H19NO2/c1-19(18(20)12-11-15-8-5-13-21-15)17-10-4-7-14-6-2-3-9-16(14)17/h2-3,5-6,8-9,11-13,17H,4,7,10H2,1H3/b12-11+/t17-/m0/s1. The van der Waals surface area contributed by atoms with Crippen LogP contribution in [0.3, 0.4) is 0 Å². The largest absolute Gasteiger partial charge is 0.465 e. The highest BCUT2D eigenvalue weighted by Crippen LogP contribution is 2.33. The summed E-state index contributed by atoms with van der Waals surface area (Å²) in [4.78, 5) is 14.2. The van der Waals surface area contributed by atoms with Gasteiger partial charge in [-0.25, -0.2) is 0 Å². The lowest BCUT2D eigenvalue weighted by Gasteiger charge is -2.32. The van der Waals surface area contributed by atoms with Gasteiger partial charge in [0.1, 0.15) is 5.76 Å². The van der Waals surface area contributed by atoms with E-state index < -0.39 is 0 Å². The Morgan fingerprint density at radius 2 is 2.14 bits per heavy atom. The summed E-state index contributed by atoms with van der Waals surface area (Å²) in [7, 11) is 1.88. The second-order valence-electron chi connectivity index (χ2n) is 5.40. The quantitative estimate of drug-likeness (QED) is 0.801. The van der Waals surface area contributed by atoms with Gasteiger partial charge in [0.2, 0.25) is 5.91 Å². The van der Waals surface area contributed by atoms with Crippen LogP contribution in [0.25, 0.3) is 6.08 Å². The molecule has 0 spiro atoms. The Hall–Kier alpha value is -2.29. The number of likely N-dealkylation sites (N-methyl/N-ethyl adjacent to an activating group) is 1. The molecule has 0 fully saturated rings. The molecule has 1 aliphatic carbocycles. The molecule has 1 heterocycles. The van der Waals surface area contributed by atoms with Crippen molar-refractivity contribution in [1.29, 1.82) is 0 Å². The van der Waals surface area contributed by atoms with E-state index in [4.69, 9.17) is 4.42 Å². The van der Waals surface area contributed by atoms with Crippen LogP contribution in [0.4, 0.5) is 0 Å². The maximum absolute atomic E-state index is 12.3. The van der Waals surface area contributed by atoms with E-state index in [-0.39, 0.29) is 11.9 Å². The molecule has 0 unspecified atom stereocenters. The number of benzene rings is 1. The molecule has 0 N–H and O–H groups in total. The smallest absolute Gasteiger partial charge is 0.246 e. The van der Waals surface area contributed by atoms with Crippen molar-refractivity contribution in [3.05, 3.63) is 65.6 Å². The van der Waals surface area contributed by atoms with E-state index in [9.17, 15) is 4.79 Å². The van der Waals surface area contributed by atoms with E-state index in [1.807, 2.05) is 30.1 Å². The molecule has 2 aromatic rings. The Labute approximate surface area is 124 Å². The second-order valence-corrected chi connectivity index (χ2v) is 5.40. The molecule has 21 heavy (non-hydrogen) atoms. The lowest BCUT2D eigenvalue weighted by molar-refractivity contribution is -0.127. The molecule has 3 rings (SSSR count). The molecule has 1 aromatic carbocycles. The summed E-state index contributed by atoms with van der Waals surface area (Å²) in [6.07, 6.45) is 8.15. The minimum Gasteiger partial charge on any atom is -0.465 e. The summed E-state index contributed by atoms with van der Waals surface area (Å²) in [5, 5.41) is 0. The third-order valence-corrected chi connectivity index (χ3v) is 4.09. The zero-order chi connectivity index (χ0) is 14.7. The monoisotopic (exact) mass is 281 g/mol. The Morgan fingerprint density at radius 1 is 1.29 bits per heavy atom. The molecular weight excluding hydrogens is 262 g/mol. The second kappa shape index (κ2) is 6.00. The molecule has 3 nitrogen and oxygen atoms in total. The molecule has 3 heteroatoms. The van der Waals surface area contributed by atoms with E-state index in [1.165, 1.54) is 11.1 Å². The average molecular weight is 281 g/mol. The first-order valence-electron chi connectivity index (χ1n) is 7.32. The van der Waals surface area contributed by atoms with Crippen LogP contribution in [0, 0.1) is 0 Å². The zero-order valence-electron chi connectivity index (χ0n) is 12.2. The van der Waals surface area contributed by atoms with Gasteiger partial charge < -0.3 is 9.32 Å². The fraction of sp³-hybridized carbons (Fsp3) is 0.278. The molecule has 0 saturated heterocycles. The third-order valence-electron chi connectivity index (χ3n) is 4.09. The van der Waals surface area contributed by atoms with Crippen LogP contribution in [0.5, 0.6) is 0 Å². The molecule has 108 valence electrons. The Bertz CT molecular complexity index is 643. The maximum Gasteiger partial charge on any atom is 0.246 e. The fourth-order valence-electron chi connectivity index (χ4n) is 2.94. The van der Waals surface area contributed by atoms with Gasteiger partial charge in [-0.05, 0) is 48.6 Å². The molecule has 1 amide bonds. The topological polar surface area (TPSA) is 33.5 Å². The van der Waals surface area contributed by atoms with Crippen molar-refractivity contribution < 1.29 is 9.21 Å². The van der Waals surface area contributed by atoms with Crippen molar-refractivity contribution in [3.8, 4) is 0 Å². The van der Waals surface area contributed by atoms with E-state index >= 15 is 0 Å². The summed E-state index contributed by atoms with van der Waals surface area (Å²) in [6.45, 7) is 0. The van der Waals surface area contributed by atoms with Gasteiger partial charge in [-0.1, -0.05) is 24.3 Å². The van der Waals surface area contributed by atoms with Crippen molar-refractivity contribution in [1.82, 2.24) is 4.90 Å². The molecule has 1 aromatic heterocycles. The normalized spacial score (nSPS) is 17.7. The lowest BCUT2D eigenvalue weighted by Crippen LogP contribution is -2.32. The average Bonchev–Trinajstić information content (AvgIpc) is 3.05. The van der Waals surface area contributed by atoms with Crippen LogP contribution in [-0.2, 0) is 11.2 Å². The van der Waals surface area contributed by atoms with E-state index in [0.717, 1.165) is 19.3 Å². The van der Waals surface area contributed by atoms with E-state index in [1.54, 1.807) is 18.4 Å². The van der Waals surface area contributed by atoms with Crippen LogP contribution in [0.1, 0.15) is 35.8 Å². The minimum absolute atomic E-state index is 0.00750. The zero-order valence-corrected chi connectivity index (χ0v) is 12.2. The number of nitrogens with zero attached hydrogens (tertiary/aromatic N) is 1. The van der Waals surface area contributed by atoms with Gasteiger partial charge in [-0.3, -0.25) is 4.79 Å². The molecule has 0 bridgehead atoms. The number of furan rings is 1. The Balaban J connectivity index is 1.76. The number of hydrogen-bond donors (Lipinski definition) is 0. The molecule has 1 atom stereocenters.